The van der Waals surface area contributed by atoms with E-state index in [0.717, 1.165) is 5.56 Å². The van der Waals surface area contributed by atoms with Gasteiger partial charge in [0.05, 0.1) is 0 Å². The molecular weight excluding hydrogens is 318 g/mol. The van der Waals surface area contributed by atoms with Crippen LogP contribution in [-0.2, 0) is 14.4 Å². The number of rotatable bonds is 6. The van der Waals surface area contributed by atoms with Crippen molar-refractivity contribution in [1.29, 1.82) is 0 Å². The summed E-state index contributed by atoms with van der Waals surface area (Å²) in [6, 6.07) is 18.8. The molecule has 0 unspecified atom stereocenters. The Morgan fingerprint density at radius 1 is 1.08 bits per heavy atom. The van der Waals surface area contributed by atoms with Gasteiger partial charge < -0.3 is 15.5 Å². The quantitative estimate of drug-likeness (QED) is 0.878. The Morgan fingerprint density at radius 2 is 1.72 bits per heavy atom. The van der Waals surface area contributed by atoms with Crippen molar-refractivity contribution in [1.82, 2.24) is 0 Å². The van der Waals surface area contributed by atoms with Crippen LogP contribution in [0.4, 0.5) is 5.69 Å². The summed E-state index contributed by atoms with van der Waals surface area (Å²) >= 11 is 0. The van der Waals surface area contributed by atoms with Crippen LogP contribution in [0.3, 0.4) is 0 Å². The van der Waals surface area contributed by atoms with E-state index in [1.165, 1.54) is 4.90 Å². The SMILES string of the molecule is NC(=O)CCN(C(=O)C1=NO[C@H](c2ccccc2)C1)c1ccccc1. The van der Waals surface area contributed by atoms with E-state index in [9.17, 15) is 9.59 Å². The summed E-state index contributed by atoms with van der Waals surface area (Å²) in [5.74, 6) is -0.730. The second-order valence-corrected chi connectivity index (χ2v) is 5.76. The predicted octanol–water partition coefficient (Wildman–Crippen LogP) is 2.41. The average molecular weight is 337 g/mol. The maximum atomic E-state index is 12.9. The van der Waals surface area contributed by atoms with E-state index in [1.807, 2.05) is 60.7 Å². The van der Waals surface area contributed by atoms with Gasteiger partial charge in [0.1, 0.15) is 5.71 Å². The smallest absolute Gasteiger partial charge is 0.276 e. The molecule has 3 rings (SSSR count). The first-order valence-corrected chi connectivity index (χ1v) is 8.08. The zero-order valence-electron chi connectivity index (χ0n) is 13.7. The lowest BCUT2D eigenvalue weighted by molar-refractivity contribution is -0.117. The topological polar surface area (TPSA) is 85.0 Å². The number of primary amides is 1. The summed E-state index contributed by atoms with van der Waals surface area (Å²) in [5.41, 5.74) is 7.24. The van der Waals surface area contributed by atoms with Crippen LogP contribution in [0, 0.1) is 0 Å². The van der Waals surface area contributed by atoms with Crippen molar-refractivity contribution in [3.05, 3.63) is 66.2 Å². The van der Waals surface area contributed by atoms with Gasteiger partial charge in [-0.05, 0) is 17.7 Å². The molecule has 6 heteroatoms. The third-order valence-corrected chi connectivity index (χ3v) is 3.98. The molecule has 25 heavy (non-hydrogen) atoms. The zero-order chi connectivity index (χ0) is 17.6. The molecule has 0 saturated heterocycles. The molecule has 1 atom stereocenters. The summed E-state index contributed by atoms with van der Waals surface area (Å²) in [6.45, 7) is 0.202. The fourth-order valence-electron chi connectivity index (χ4n) is 2.68. The minimum Gasteiger partial charge on any atom is -0.387 e. The lowest BCUT2D eigenvalue weighted by atomic mass is 10.0. The van der Waals surface area contributed by atoms with Crippen molar-refractivity contribution < 1.29 is 14.4 Å². The highest BCUT2D eigenvalue weighted by Crippen LogP contribution is 2.28. The lowest BCUT2D eigenvalue weighted by Crippen LogP contribution is -2.38. The van der Waals surface area contributed by atoms with Gasteiger partial charge in [0.25, 0.3) is 5.91 Å². The Balaban J connectivity index is 1.75. The summed E-state index contributed by atoms with van der Waals surface area (Å²) < 4.78 is 0. The van der Waals surface area contributed by atoms with Crippen molar-refractivity contribution in [2.75, 3.05) is 11.4 Å². The number of carbonyl (C=O) groups excluding carboxylic acids is 2. The number of para-hydroxylation sites is 1. The maximum absolute atomic E-state index is 12.9. The normalized spacial score (nSPS) is 16.0. The number of nitrogens with zero attached hydrogens (tertiary/aromatic N) is 2. The Bertz CT molecular complexity index is 775. The molecule has 2 aromatic rings. The second-order valence-electron chi connectivity index (χ2n) is 5.76. The van der Waals surface area contributed by atoms with E-state index in [4.69, 9.17) is 10.6 Å². The van der Waals surface area contributed by atoms with Crippen molar-refractivity contribution in [3.63, 3.8) is 0 Å². The van der Waals surface area contributed by atoms with Gasteiger partial charge in [0.15, 0.2) is 6.10 Å². The Hall–Kier alpha value is -3.15. The molecule has 0 aromatic heterocycles. The molecule has 6 nitrogen and oxygen atoms in total. The minimum atomic E-state index is -0.458. The first-order chi connectivity index (χ1) is 12.1. The van der Waals surface area contributed by atoms with Crippen LogP contribution >= 0.6 is 0 Å². The van der Waals surface area contributed by atoms with Crippen LogP contribution in [0.5, 0.6) is 0 Å². The number of nitrogens with two attached hydrogens (primary N) is 1. The number of hydrogen-bond donors (Lipinski definition) is 1. The van der Waals surface area contributed by atoms with Gasteiger partial charge in [0, 0.05) is 25.1 Å². The fraction of sp³-hybridized carbons (Fsp3) is 0.211. The Morgan fingerprint density at radius 3 is 2.36 bits per heavy atom. The second kappa shape index (κ2) is 7.61. The highest BCUT2D eigenvalue weighted by Gasteiger charge is 2.30. The molecule has 128 valence electrons. The van der Waals surface area contributed by atoms with E-state index in [0.29, 0.717) is 17.8 Å². The number of benzene rings is 2. The molecule has 0 fully saturated rings. The predicted molar refractivity (Wildman–Crippen MR) is 94.9 cm³/mol. The van der Waals surface area contributed by atoms with Gasteiger partial charge in [-0.25, -0.2) is 0 Å². The Labute approximate surface area is 145 Å². The summed E-state index contributed by atoms with van der Waals surface area (Å²) in [7, 11) is 0. The van der Waals surface area contributed by atoms with Gasteiger partial charge in [-0.2, -0.15) is 0 Å². The molecular formula is C19H19N3O3. The number of hydrogen-bond acceptors (Lipinski definition) is 4. The third-order valence-electron chi connectivity index (χ3n) is 3.98. The third kappa shape index (κ3) is 4.03. The molecule has 1 aliphatic heterocycles. The average Bonchev–Trinajstić information content (AvgIpc) is 3.13. The van der Waals surface area contributed by atoms with Crippen molar-refractivity contribution in [2.45, 2.75) is 18.9 Å². The van der Waals surface area contributed by atoms with E-state index in [2.05, 4.69) is 5.16 Å². The van der Waals surface area contributed by atoms with E-state index in [-0.39, 0.29) is 25.0 Å². The van der Waals surface area contributed by atoms with Crippen molar-refractivity contribution in [2.24, 2.45) is 10.9 Å². The van der Waals surface area contributed by atoms with Crippen LogP contribution in [0.25, 0.3) is 0 Å². The van der Waals surface area contributed by atoms with Crippen LogP contribution in [0.2, 0.25) is 0 Å². The highest BCUT2D eigenvalue weighted by molar-refractivity contribution is 6.44. The van der Waals surface area contributed by atoms with Gasteiger partial charge in [-0.15, -0.1) is 0 Å². The van der Waals surface area contributed by atoms with E-state index in [1.54, 1.807) is 0 Å². The van der Waals surface area contributed by atoms with Gasteiger partial charge in [-0.1, -0.05) is 53.7 Å². The molecule has 0 bridgehead atoms. The largest absolute Gasteiger partial charge is 0.387 e. The molecule has 0 aliphatic carbocycles. The standard InChI is InChI=1S/C19H19N3O3/c20-18(23)11-12-22(15-9-5-2-6-10-15)19(24)16-13-17(25-21-16)14-7-3-1-4-8-14/h1-10,17H,11-13H2,(H2,20,23)/t17-/m0/s1. The monoisotopic (exact) mass is 337 g/mol. The van der Waals surface area contributed by atoms with Crippen LogP contribution in [-0.4, -0.2) is 24.1 Å². The summed E-state index contributed by atoms with van der Waals surface area (Å²) in [5, 5.41) is 3.98. The van der Waals surface area contributed by atoms with Crippen LogP contribution in [0.15, 0.2) is 65.8 Å². The molecule has 0 radical (unpaired) electrons. The van der Waals surface area contributed by atoms with E-state index < -0.39 is 5.91 Å². The van der Waals surface area contributed by atoms with Gasteiger partial charge in [0.2, 0.25) is 5.91 Å². The molecule has 2 N–H and O–H groups in total. The number of anilines is 1. The van der Waals surface area contributed by atoms with Gasteiger partial charge in [-0.3, -0.25) is 9.59 Å². The van der Waals surface area contributed by atoms with Crippen molar-refractivity contribution >= 4 is 23.2 Å². The minimum absolute atomic E-state index is 0.0802. The molecule has 2 aromatic carbocycles. The summed E-state index contributed by atoms with van der Waals surface area (Å²) in [4.78, 5) is 31.0. The number of amides is 2. The van der Waals surface area contributed by atoms with Crippen LogP contribution in [0.1, 0.15) is 24.5 Å². The first kappa shape index (κ1) is 16.7. The lowest BCUT2D eigenvalue weighted by Gasteiger charge is -2.21. The Kier molecular flexibility index (Phi) is 5.09. The molecule has 1 aliphatic rings. The first-order valence-electron chi connectivity index (χ1n) is 8.08. The van der Waals surface area contributed by atoms with Crippen molar-refractivity contribution in [3.8, 4) is 0 Å². The zero-order valence-corrected chi connectivity index (χ0v) is 13.7. The van der Waals surface area contributed by atoms with Gasteiger partial charge >= 0.3 is 0 Å². The molecule has 0 saturated carbocycles. The van der Waals surface area contributed by atoms with Crippen LogP contribution < -0.4 is 10.6 Å². The number of oxime groups is 1. The summed E-state index contributed by atoms with van der Waals surface area (Å²) in [6.07, 6.45) is 0.202. The fourth-order valence-corrected chi connectivity index (χ4v) is 2.68. The maximum Gasteiger partial charge on any atom is 0.276 e. The highest BCUT2D eigenvalue weighted by atomic mass is 16.6. The molecule has 0 spiro atoms. The number of carbonyl (C=O) groups is 2. The molecule has 1 heterocycles. The molecule has 2 amide bonds. The van der Waals surface area contributed by atoms with E-state index >= 15 is 0 Å².